The smallest absolute Gasteiger partial charge is 0.262 e. The van der Waals surface area contributed by atoms with Gasteiger partial charge in [-0.1, -0.05) is 67.4 Å². The van der Waals surface area contributed by atoms with Gasteiger partial charge in [0, 0.05) is 11.7 Å². The third kappa shape index (κ3) is 7.32. The highest BCUT2D eigenvalue weighted by Gasteiger charge is 2.20. The quantitative estimate of drug-likeness (QED) is 0.351. The van der Waals surface area contributed by atoms with E-state index in [-0.39, 0.29) is 28.2 Å². The number of rotatable bonds is 11. The Labute approximate surface area is 206 Å². The summed E-state index contributed by atoms with van der Waals surface area (Å²) in [5.41, 5.74) is 2.75. The molecule has 0 aliphatic heterocycles. The normalized spacial score (nSPS) is 12.2. The lowest BCUT2D eigenvalue weighted by Gasteiger charge is -2.15. The molecule has 0 heterocycles. The zero-order valence-electron chi connectivity index (χ0n) is 19.3. The van der Waals surface area contributed by atoms with Crippen LogP contribution in [0.3, 0.4) is 0 Å². The standard InChI is InChI=1S/C26H29ClN2O4S/c1-3-4-8-20-11-13-22(14-12-20)28-26(30)18-33-25-16-15-23(17-24(25)27)34(31,32)29-19(2)21-9-6-5-7-10-21/h5-7,9-17,19,29H,3-4,8,18H2,1-2H3,(H,28,30)/t19-/m1/s1. The molecule has 2 N–H and O–H groups in total. The predicted octanol–water partition coefficient (Wildman–Crippen LogP) is 5.74. The number of benzene rings is 3. The second-order valence-corrected chi connectivity index (χ2v) is 10.1. The molecule has 0 radical (unpaired) electrons. The Balaban J connectivity index is 1.56. The molecular weight excluding hydrogens is 472 g/mol. The first-order valence-electron chi connectivity index (χ1n) is 11.2. The summed E-state index contributed by atoms with van der Waals surface area (Å²) in [5, 5.41) is 2.88. The van der Waals surface area contributed by atoms with Gasteiger partial charge >= 0.3 is 0 Å². The molecule has 6 nitrogen and oxygen atoms in total. The van der Waals surface area contributed by atoms with E-state index in [2.05, 4.69) is 17.0 Å². The number of amides is 1. The van der Waals surface area contributed by atoms with Crippen LogP contribution in [0.25, 0.3) is 0 Å². The Kier molecular flexibility index (Phi) is 9.10. The van der Waals surface area contributed by atoms with Crippen LogP contribution in [-0.4, -0.2) is 20.9 Å². The minimum atomic E-state index is -3.80. The highest BCUT2D eigenvalue weighted by atomic mass is 35.5. The van der Waals surface area contributed by atoms with E-state index in [0.29, 0.717) is 5.69 Å². The molecule has 3 aromatic carbocycles. The summed E-state index contributed by atoms with van der Waals surface area (Å²) < 4.78 is 33.7. The van der Waals surface area contributed by atoms with Gasteiger partial charge in [0.2, 0.25) is 10.0 Å². The lowest BCUT2D eigenvalue weighted by molar-refractivity contribution is -0.118. The third-order valence-corrected chi connectivity index (χ3v) is 7.09. The Morgan fingerprint density at radius 3 is 2.38 bits per heavy atom. The van der Waals surface area contributed by atoms with Crippen LogP contribution in [0.15, 0.2) is 77.7 Å². The topological polar surface area (TPSA) is 84.5 Å². The van der Waals surface area contributed by atoms with Crippen LogP contribution in [0.2, 0.25) is 5.02 Å². The summed E-state index contributed by atoms with van der Waals surface area (Å²) in [6.07, 6.45) is 3.27. The SMILES string of the molecule is CCCCc1ccc(NC(=O)COc2ccc(S(=O)(=O)N[C@H](C)c3ccccc3)cc2Cl)cc1. The van der Waals surface area contributed by atoms with E-state index >= 15 is 0 Å². The van der Waals surface area contributed by atoms with E-state index in [1.54, 1.807) is 6.92 Å². The molecule has 0 saturated heterocycles. The van der Waals surface area contributed by atoms with Gasteiger partial charge in [0.25, 0.3) is 5.91 Å². The van der Waals surface area contributed by atoms with Gasteiger partial charge in [0.1, 0.15) is 5.75 Å². The average Bonchev–Trinajstić information content (AvgIpc) is 2.83. The Morgan fingerprint density at radius 1 is 1.03 bits per heavy atom. The molecule has 0 aliphatic rings. The molecule has 0 fully saturated rings. The molecule has 0 spiro atoms. The van der Waals surface area contributed by atoms with Gasteiger partial charge in [-0.2, -0.15) is 0 Å². The second-order valence-electron chi connectivity index (χ2n) is 7.98. The number of nitrogens with one attached hydrogen (secondary N) is 2. The lowest BCUT2D eigenvalue weighted by Crippen LogP contribution is -2.27. The summed E-state index contributed by atoms with van der Waals surface area (Å²) >= 11 is 6.24. The van der Waals surface area contributed by atoms with Crippen molar-refractivity contribution in [1.29, 1.82) is 0 Å². The first kappa shape index (κ1) is 25.7. The van der Waals surface area contributed by atoms with E-state index < -0.39 is 16.1 Å². The summed E-state index contributed by atoms with van der Waals surface area (Å²) in [7, 11) is -3.80. The zero-order valence-corrected chi connectivity index (χ0v) is 20.8. The molecule has 1 amide bonds. The molecule has 0 aromatic heterocycles. The van der Waals surface area contributed by atoms with Crippen LogP contribution in [-0.2, 0) is 21.2 Å². The number of aryl methyl sites for hydroxylation is 1. The number of anilines is 1. The fourth-order valence-corrected chi connectivity index (χ4v) is 4.91. The fourth-order valence-electron chi connectivity index (χ4n) is 3.35. The molecule has 8 heteroatoms. The molecule has 34 heavy (non-hydrogen) atoms. The van der Waals surface area contributed by atoms with Crippen LogP contribution >= 0.6 is 11.6 Å². The minimum Gasteiger partial charge on any atom is -0.482 e. The van der Waals surface area contributed by atoms with Crippen molar-refractivity contribution in [3.8, 4) is 5.75 Å². The number of hydrogen-bond donors (Lipinski definition) is 2. The lowest BCUT2D eigenvalue weighted by atomic mass is 10.1. The van der Waals surface area contributed by atoms with E-state index in [1.807, 2.05) is 54.6 Å². The first-order valence-corrected chi connectivity index (χ1v) is 13.0. The molecule has 0 aliphatic carbocycles. The molecule has 180 valence electrons. The number of halogens is 1. The van der Waals surface area contributed by atoms with Crippen molar-refractivity contribution in [2.45, 2.75) is 44.0 Å². The predicted molar refractivity (Wildman–Crippen MR) is 136 cm³/mol. The van der Waals surface area contributed by atoms with Crippen molar-refractivity contribution in [3.05, 3.63) is 88.9 Å². The zero-order chi connectivity index (χ0) is 24.6. The van der Waals surface area contributed by atoms with Crippen molar-refractivity contribution in [1.82, 2.24) is 4.72 Å². The van der Waals surface area contributed by atoms with E-state index in [0.717, 1.165) is 24.8 Å². The van der Waals surface area contributed by atoms with Crippen LogP contribution in [0, 0.1) is 0 Å². The number of carbonyl (C=O) groups is 1. The van der Waals surface area contributed by atoms with Gasteiger partial charge in [0.15, 0.2) is 6.61 Å². The van der Waals surface area contributed by atoms with Gasteiger partial charge < -0.3 is 10.1 Å². The van der Waals surface area contributed by atoms with Crippen LogP contribution in [0.1, 0.15) is 43.9 Å². The maximum Gasteiger partial charge on any atom is 0.262 e. The molecule has 1 atom stereocenters. The summed E-state index contributed by atoms with van der Waals surface area (Å²) in [5.74, 6) is -0.116. The number of hydrogen-bond acceptors (Lipinski definition) is 4. The monoisotopic (exact) mass is 500 g/mol. The number of sulfonamides is 1. The molecule has 0 unspecified atom stereocenters. The highest BCUT2D eigenvalue weighted by Crippen LogP contribution is 2.28. The number of ether oxygens (including phenoxy) is 1. The van der Waals surface area contributed by atoms with E-state index in [9.17, 15) is 13.2 Å². The average molecular weight is 501 g/mol. The van der Waals surface area contributed by atoms with Crippen molar-refractivity contribution < 1.29 is 17.9 Å². The summed E-state index contributed by atoms with van der Waals surface area (Å²) in [6.45, 7) is 3.66. The van der Waals surface area contributed by atoms with Crippen molar-refractivity contribution in [2.24, 2.45) is 0 Å². The van der Waals surface area contributed by atoms with Gasteiger partial charge in [-0.3, -0.25) is 4.79 Å². The van der Waals surface area contributed by atoms with Crippen molar-refractivity contribution in [3.63, 3.8) is 0 Å². The van der Waals surface area contributed by atoms with Crippen molar-refractivity contribution in [2.75, 3.05) is 11.9 Å². The number of carbonyl (C=O) groups excluding carboxylic acids is 1. The minimum absolute atomic E-state index is 0.0141. The van der Waals surface area contributed by atoms with Crippen LogP contribution in [0.4, 0.5) is 5.69 Å². The van der Waals surface area contributed by atoms with Crippen LogP contribution in [0.5, 0.6) is 5.75 Å². The van der Waals surface area contributed by atoms with Crippen molar-refractivity contribution >= 4 is 33.2 Å². The Morgan fingerprint density at radius 2 is 1.74 bits per heavy atom. The molecule has 0 saturated carbocycles. The van der Waals surface area contributed by atoms with E-state index in [1.165, 1.54) is 23.8 Å². The maximum atomic E-state index is 12.8. The number of unbranched alkanes of at least 4 members (excludes halogenated alkanes) is 1. The first-order chi connectivity index (χ1) is 16.3. The summed E-state index contributed by atoms with van der Waals surface area (Å²) in [6, 6.07) is 20.7. The van der Waals surface area contributed by atoms with Gasteiger partial charge in [-0.05, 0) is 61.2 Å². The second kappa shape index (κ2) is 12.0. The Bertz CT molecular complexity index is 1200. The van der Waals surface area contributed by atoms with Gasteiger partial charge in [-0.15, -0.1) is 0 Å². The summed E-state index contributed by atoms with van der Waals surface area (Å²) in [4.78, 5) is 12.3. The molecule has 0 bridgehead atoms. The maximum absolute atomic E-state index is 12.8. The Hall–Kier alpha value is -2.87. The molecule has 3 aromatic rings. The molecule has 3 rings (SSSR count). The van der Waals surface area contributed by atoms with Crippen LogP contribution < -0.4 is 14.8 Å². The largest absolute Gasteiger partial charge is 0.482 e. The highest BCUT2D eigenvalue weighted by molar-refractivity contribution is 7.89. The van der Waals surface area contributed by atoms with Gasteiger partial charge in [0.05, 0.1) is 9.92 Å². The fraction of sp³-hybridized carbons (Fsp3) is 0.269. The van der Waals surface area contributed by atoms with Gasteiger partial charge in [-0.25, -0.2) is 13.1 Å². The van der Waals surface area contributed by atoms with E-state index in [4.69, 9.17) is 16.3 Å². The third-order valence-electron chi connectivity index (χ3n) is 5.26. The molecular formula is C26H29ClN2O4S.